The minimum absolute atomic E-state index is 0.0196. The predicted octanol–water partition coefficient (Wildman–Crippen LogP) is 2.78. The summed E-state index contributed by atoms with van der Waals surface area (Å²) in [5, 5.41) is 2.97. The predicted molar refractivity (Wildman–Crippen MR) is 101 cm³/mol. The van der Waals surface area contributed by atoms with E-state index in [2.05, 4.69) is 5.32 Å². The number of nitrogens with two attached hydrogens (primary N) is 1. The van der Waals surface area contributed by atoms with Crippen LogP contribution in [0.2, 0.25) is 0 Å². The Morgan fingerprint density at radius 2 is 2.00 bits per heavy atom. The summed E-state index contributed by atoms with van der Waals surface area (Å²) in [7, 11) is 0. The number of piperidine rings is 1. The molecule has 3 rings (SSSR count). The summed E-state index contributed by atoms with van der Waals surface area (Å²) in [5.41, 5.74) is 7.09. The number of hydrogen-bond acceptors (Lipinski definition) is 4. The number of anilines is 1. The molecule has 2 unspecified atom stereocenters. The number of carbonyl (C=O) groups is 2. The van der Waals surface area contributed by atoms with Gasteiger partial charge in [0, 0.05) is 30.6 Å². The van der Waals surface area contributed by atoms with Crippen LogP contribution in [-0.2, 0) is 4.79 Å². The smallest absolute Gasteiger partial charge is 0.253 e. The van der Waals surface area contributed by atoms with Gasteiger partial charge in [-0.25, -0.2) is 0 Å². The normalized spacial score (nSPS) is 22.9. The Morgan fingerprint density at radius 1 is 1.23 bits per heavy atom. The van der Waals surface area contributed by atoms with Crippen molar-refractivity contribution in [1.82, 2.24) is 4.90 Å². The Bertz CT molecular complexity index is 656. The lowest BCUT2D eigenvalue weighted by Gasteiger charge is -2.27. The molecule has 1 aromatic rings. The minimum Gasteiger partial charge on any atom is -0.492 e. The molecule has 2 atom stereocenters. The molecule has 1 heterocycles. The molecule has 1 saturated carbocycles. The Labute approximate surface area is 155 Å². The van der Waals surface area contributed by atoms with Crippen LogP contribution in [-0.4, -0.2) is 42.5 Å². The van der Waals surface area contributed by atoms with Crippen LogP contribution in [0.5, 0.6) is 5.75 Å². The zero-order valence-corrected chi connectivity index (χ0v) is 15.5. The van der Waals surface area contributed by atoms with Gasteiger partial charge in [0.25, 0.3) is 5.91 Å². The minimum atomic E-state index is -0.0686. The first-order chi connectivity index (χ1) is 12.6. The maximum Gasteiger partial charge on any atom is 0.253 e. The van der Waals surface area contributed by atoms with Gasteiger partial charge in [0.2, 0.25) is 5.91 Å². The number of likely N-dealkylation sites (tertiary alicyclic amines) is 1. The highest BCUT2D eigenvalue weighted by Crippen LogP contribution is 2.30. The largest absolute Gasteiger partial charge is 0.492 e. The van der Waals surface area contributed by atoms with Gasteiger partial charge >= 0.3 is 0 Å². The Morgan fingerprint density at radius 3 is 2.65 bits per heavy atom. The molecular weight excluding hydrogens is 330 g/mol. The molecule has 1 saturated heterocycles. The van der Waals surface area contributed by atoms with E-state index in [9.17, 15) is 9.59 Å². The number of benzene rings is 1. The number of rotatable bonds is 5. The number of ether oxygens (including phenoxy) is 1. The van der Waals surface area contributed by atoms with Crippen molar-refractivity contribution in [2.24, 2.45) is 11.7 Å². The van der Waals surface area contributed by atoms with E-state index in [0.29, 0.717) is 30.0 Å². The van der Waals surface area contributed by atoms with E-state index < -0.39 is 0 Å². The maximum atomic E-state index is 12.8. The fourth-order valence-electron chi connectivity index (χ4n) is 3.81. The summed E-state index contributed by atoms with van der Waals surface area (Å²) in [4.78, 5) is 27.2. The molecule has 6 heteroatoms. The fraction of sp³-hybridized carbons (Fsp3) is 0.600. The van der Waals surface area contributed by atoms with Crippen molar-refractivity contribution in [2.45, 2.75) is 51.5 Å². The number of nitrogens with zero attached hydrogens (tertiary/aromatic N) is 1. The van der Waals surface area contributed by atoms with Crippen LogP contribution in [0.1, 0.15) is 55.8 Å². The average Bonchev–Trinajstić information content (AvgIpc) is 3.10. The maximum absolute atomic E-state index is 12.8. The molecular formula is C20H29N3O3. The molecule has 142 valence electrons. The van der Waals surface area contributed by atoms with Crippen molar-refractivity contribution in [1.29, 1.82) is 0 Å². The van der Waals surface area contributed by atoms with Crippen molar-refractivity contribution < 1.29 is 14.3 Å². The second kappa shape index (κ2) is 8.54. The van der Waals surface area contributed by atoms with E-state index in [-0.39, 0.29) is 23.8 Å². The third kappa shape index (κ3) is 4.36. The Kier molecular flexibility index (Phi) is 6.14. The Hall–Kier alpha value is -2.08. The Balaban J connectivity index is 1.77. The van der Waals surface area contributed by atoms with Crippen LogP contribution in [0.4, 0.5) is 5.69 Å². The molecule has 0 spiro atoms. The second-order valence-electron chi connectivity index (χ2n) is 7.26. The zero-order valence-electron chi connectivity index (χ0n) is 15.5. The lowest BCUT2D eigenvalue weighted by atomic mass is 10.1. The van der Waals surface area contributed by atoms with E-state index in [0.717, 1.165) is 38.8 Å². The molecule has 6 nitrogen and oxygen atoms in total. The molecule has 2 fully saturated rings. The van der Waals surface area contributed by atoms with E-state index in [4.69, 9.17) is 10.5 Å². The van der Waals surface area contributed by atoms with Gasteiger partial charge < -0.3 is 20.7 Å². The van der Waals surface area contributed by atoms with Gasteiger partial charge in [-0.2, -0.15) is 0 Å². The number of hydrogen-bond donors (Lipinski definition) is 2. The van der Waals surface area contributed by atoms with Crippen molar-refractivity contribution in [2.75, 3.05) is 25.0 Å². The molecule has 1 aromatic carbocycles. The molecule has 0 radical (unpaired) electrons. The van der Waals surface area contributed by atoms with Gasteiger partial charge in [0.05, 0.1) is 12.3 Å². The quantitative estimate of drug-likeness (QED) is 0.847. The molecule has 0 bridgehead atoms. The van der Waals surface area contributed by atoms with Crippen molar-refractivity contribution in [3.63, 3.8) is 0 Å². The summed E-state index contributed by atoms with van der Waals surface area (Å²) < 4.78 is 5.64. The first-order valence-corrected chi connectivity index (χ1v) is 9.71. The van der Waals surface area contributed by atoms with Gasteiger partial charge in [-0.15, -0.1) is 0 Å². The summed E-state index contributed by atoms with van der Waals surface area (Å²) in [6.45, 7) is 3.99. The monoisotopic (exact) mass is 359 g/mol. The second-order valence-corrected chi connectivity index (χ2v) is 7.26. The average molecular weight is 359 g/mol. The first kappa shape index (κ1) is 18.7. The van der Waals surface area contributed by atoms with Gasteiger partial charge in [-0.1, -0.05) is 0 Å². The van der Waals surface area contributed by atoms with Gasteiger partial charge in [-0.05, 0) is 63.6 Å². The topological polar surface area (TPSA) is 84.7 Å². The van der Waals surface area contributed by atoms with Gasteiger partial charge in [0.1, 0.15) is 5.75 Å². The summed E-state index contributed by atoms with van der Waals surface area (Å²) in [5.74, 6) is 0.506. The summed E-state index contributed by atoms with van der Waals surface area (Å²) >= 11 is 0. The lowest BCUT2D eigenvalue weighted by Crippen LogP contribution is -2.35. The highest BCUT2D eigenvalue weighted by molar-refractivity contribution is 5.99. The van der Waals surface area contributed by atoms with E-state index in [1.54, 1.807) is 18.2 Å². The highest BCUT2D eigenvalue weighted by Gasteiger charge is 2.28. The van der Waals surface area contributed by atoms with Crippen molar-refractivity contribution in [3.8, 4) is 5.75 Å². The number of amides is 2. The third-order valence-corrected chi connectivity index (χ3v) is 5.27. The summed E-state index contributed by atoms with van der Waals surface area (Å²) in [6.07, 6.45) is 5.68. The molecule has 2 amide bonds. The molecule has 0 aromatic heterocycles. The number of carbonyl (C=O) groups excluding carboxylic acids is 2. The van der Waals surface area contributed by atoms with Crippen LogP contribution in [0.25, 0.3) is 0 Å². The molecule has 3 N–H and O–H groups in total. The van der Waals surface area contributed by atoms with Crippen molar-refractivity contribution >= 4 is 17.5 Å². The van der Waals surface area contributed by atoms with E-state index in [1.165, 1.54) is 6.42 Å². The molecule has 26 heavy (non-hydrogen) atoms. The van der Waals surface area contributed by atoms with Crippen LogP contribution in [0.3, 0.4) is 0 Å². The molecule has 2 aliphatic rings. The fourth-order valence-corrected chi connectivity index (χ4v) is 3.81. The van der Waals surface area contributed by atoms with Crippen LogP contribution < -0.4 is 15.8 Å². The standard InChI is InChI=1S/C20H29N3O3/c1-2-26-18-9-7-15(20(25)23-10-4-3-5-11-23)13-17(18)22-19(24)14-6-8-16(21)12-14/h7,9,13-14,16H,2-6,8,10-12,21H2,1H3,(H,22,24). The van der Waals surface area contributed by atoms with Gasteiger partial charge in [-0.3, -0.25) is 9.59 Å². The van der Waals surface area contributed by atoms with Crippen LogP contribution in [0, 0.1) is 5.92 Å². The number of nitrogens with one attached hydrogen (secondary N) is 1. The third-order valence-electron chi connectivity index (χ3n) is 5.27. The van der Waals surface area contributed by atoms with Crippen LogP contribution >= 0.6 is 0 Å². The lowest BCUT2D eigenvalue weighted by molar-refractivity contribution is -0.119. The van der Waals surface area contributed by atoms with Crippen LogP contribution in [0.15, 0.2) is 18.2 Å². The zero-order chi connectivity index (χ0) is 18.5. The molecule has 1 aliphatic carbocycles. The SMILES string of the molecule is CCOc1ccc(C(=O)N2CCCCC2)cc1NC(=O)C1CCC(N)C1. The van der Waals surface area contributed by atoms with Crippen molar-refractivity contribution in [3.05, 3.63) is 23.8 Å². The first-order valence-electron chi connectivity index (χ1n) is 9.71. The molecule has 1 aliphatic heterocycles. The van der Waals surface area contributed by atoms with Gasteiger partial charge in [0.15, 0.2) is 0 Å². The summed E-state index contributed by atoms with van der Waals surface area (Å²) in [6, 6.07) is 5.40. The van der Waals surface area contributed by atoms with E-state index >= 15 is 0 Å². The highest BCUT2D eigenvalue weighted by atomic mass is 16.5. The van der Waals surface area contributed by atoms with E-state index in [1.807, 2.05) is 11.8 Å².